The van der Waals surface area contributed by atoms with Gasteiger partial charge in [-0.05, 0) is 38.0 Å². The van der Waals surface area contributed by atoms with Crippen LogP contribution in [-0.2, 0) is 0 Å². The standard InChI is InChI=1S/C17H36N2/c1-13-10-18-14(16(5,6)7)11-19(13)17(8,9)12-15(2,3)4/h13-14,18H,10-12H2,1-9H3. The largest absolute Gasteiger partial charge is 0.311 e. The summed E-state index contributed by atoms with van der Waals surface area (Å²) in [6, 6.07) is 1.21. The summed E-state index contributed by atoms with van der Waals surface area (Å²) in [7, 11) is 0. The number of nitrogens with one attached hydrogen (secondary N) is 1. The highest BCUT2D eigenvalue weighted by Crippen LogP contribution is 2.35. The zero-order chi connectivity index (χ0) is 15.1. The van der Waals surface area contributed by atoms with Crippen molar-refractivity contribution in [1.29, 1.82) is 0 Å². The van der Waals surface area contributed by atoms with Gasteiger partial charge < -0.3 is 5.32 Å². The third kappa shape index (κ3) is 4.75. The fourth-order valence-corrected chi connectivity index (χ4v) is 3.69. The molecule has 1 aliphatic rings. The zero-order valence-corrected chi connectivity index (χ0v) is 14.7. The summed E-state index contributed by atoms with van der Waals surface area (Å²) >= 11 is 0. The molecule has 0 spiro atoms. The zero-order valence-electron chi connectivity index (χ0n) is 14.7. The molecular formula is C17H36N2. The van der Waals surface area contributed by atoms with E-state index in [0.717, 1.165) is 13.1 Å². The molecule has 19 heavy (non-hydrogen) atoms. The van der Waals surface area contributed by atoms with E-state index in [-0.39, 0.29) is 5.54 Å². The summed E-state index contributed by atoms with van der Waals surface area (Å²) in [5, 5.41) is 3.73. The van der Waals surface area contributed by atoms with E-state index in [0.29, 0.717) is 22.9 Å². The molecule has 2 nitrogen and oxygen atoms in total. The smallest absolute Gasteiger partial charge is 0.0244 e. The lowest BCUT2D eigenvalue weighted by atomic mass is 9.78. The minimum Gasteiger partial charge on any atom is -0.311 e. The normalized spacial score (nSPS) is 27.6. The Morgan fingerprint density at radius 2 is 1.53 bits per heavy atom. The molecule has 0 aromatic rings. The van der Waals surface area contributed by atoms with Gasteiger partial charge in [-0.25, -0.2) is 0 Å². The molecule has 1 fully saturated rings. The van der Waals surface area contributed by atoms with E-state index in [4.69, 9.17) is 0 Å². The van der Waals surface area contributed by atoms with E-state index >= 15 is 0 Å². The van der Waals surface area contributed by atoms with Gasteiger partial charge in [-0.2, -0.15) is 0 Å². The van der Waals surface area contributed by atoms with Crippen molar-refractivity contribution in [3.8, 4) is 0 Å². The van der Waals surface area contributed by atoms with Crippen LogP contribution in [0.2, 0.25) is 0 Å². The number of piperazine rings is 1. The quantitative estimate of drug-likeness (QED) is 0.817. The van der Waals surface area contributed by atoms with Crippen molar-refractivity contribution in [2.24, 2.45) is 10.8 Å². The molecule has 2 unspecified atom stereocenters. The maximum absolute atomic E-state index is 3.73. The first kappa shape index (κ1) is 17.0. The van der Waals surface area contributed by atoms with Crippen molar-refractivity contribution in [3.05, 3.63) is 0 Å². The number of hydrogen-bond donors (Lipinski definition) is 1. The Bertz CT molecular complexity index is 293. The van der Waals surface area contributed by atoms with Crippen LogP contribution < -0.4 is 5.32 Å². The molecule has 0 radical (unpaired) electrons. The molecule has 0 aromatic heterocycles. The number of hydrogen-bond acceptors (Lipinski definition) is 2. The fraction of sp³-hybridized carbons (Fsp3) is 1.00. The van der Waals surface area contributed by atoms with Crippen molar-refractivity contribution >= 4 is 0 Å². The topological polar surface area (TPSA) is 15.3 Å². The van der Waals surface area contributed by atoms with Crippen LogP contribution in [0, 0.1) is 10.8 Å². The Hall–Kier alpha value is -0.0800. The highest BCUT2D eigenvalue weighted by atomic mass is 15.3. The van der Waals surface area contributed by atoms with Gasteiger partial charge in [-0.3, -0.25) is 4.90 Å². The van der Waals surface area contributed by atoms with Crippen LogP contribution in [-0.4, -0.2) is 35.6 Å². The van der Waals surface area contributed by atoms with Gasteiger partial charge in [0.05, 0.1) is 0 Å². The molecular weight excluding hydrogens is 232 g/mol. The van der Waals surface area contributed by atoms with Gasteiger partial charge in [0.2, 0.25) is 0 Å². The van der Waals surface area contributed by atoms with Crippen LogP contribution in [0.4, 0.5) is 0 Å². The highest BCUT2D eigenvalue weighted by Gasteiger charge is 2.40. The van der Waals surface area contributed by atoms with Gasteiger partial charge in [0.15, 0.2) is 0 Å². The number of rotatable bonds is 2. The maximum atomic E-state index is 3.73. The molecule has 0 amide bonds. The highest BCUT2D eigenvalue weighted by molar-refractivity contribution is 4.97. The molecule has 1 heterocycles. The van der Waals surface area contributed by atoms with Crippen molar-refractivity contribution in [1.82, 2.24) is 10.2 Å². The molecule has 2 heteroatoms. The summed E-state index contributed by atoms with van der Waals surface area (Å²) in [6.45, 7) is 23.5. The van der Waals surface area contributed by atoms with E-state index in [1.54, 1.807) is 0 Å². The summed E-state index contributed by atoms with van der Waals surface area (Å²) < 4.78 is 0. The molecule has 0 aliphatic carbocycles. The first-order valence-electron chi connectivity index (χ1n) is 7.83. The van der Waals surface area contributed by atoms with Gasteiger partial charge in [0.1, 0.15) is 0 Å². The first-order chi connectivity index (χ1) is 8.33. The molecule has 1 N–H and O–H groups in total. The van der Waals surface area contributed by atoms with Gasteiger partial charge in [0.25, 0.3) is 0 Å². The Kier molecular flexibility index (Phi) is 4.79. The molecule has 0 saturated carbocycles. The van der Waals surface area contributed by atoms with Crippen LogP contribution in [0.5, 0.6) is 0 Å². The monoisotopic (exact) mass is 268 g/mol. The van der Waals surface area contributed by atoms with Crippen LogP contribution >= 0.6 is 0 Å². The predicted octanol–water partition coefficient (Wildman–Crippen LogP) is 3.91. The second kappa shape index (κ2) is 5.37. The Morgan fingerprint density at radius 1 is 1.00 bits per heavy atom. The lowest BCUT2D eigenvalue weighted by molar-refractivity contribution is -0.00441. The summed E-state index contributed by atoms with van der Waals surface area (Å²) in [5.41, 5.74) is 0.977. The Morgan fingerprint density at radius 3 is 1.95 bits per heavy atom. The molecule has 114 valence electrons. The van der Waals surface area contributed by atoms with Crippen molar-refractivity contribution < 1.29 is 0 Å². The third-order valence-corrected chi connectivity index (χ3v) is 4.36. The van der Waals surface area contributed by atoms with Crippen molar-refractivity contribution in [3.63, 3.8) is 0 Å². The van der Waals surface area contributed by atoms with E-state index in [2.05, 4.69) is 72.5 Å². The summed E-state index contributed by atoms with van der Waals surface area (Å²) in [4.78, 5) is 2.73. The molecule has 1 saturated heterocycles. The van der Waals surface area contributed by atoms with E-state index < -0.39 is 0 Å². The molecule has 1 rings (SSSR count). The van der Waals surface area contributed by atoms with Crippen LogP contribution in [0.1, 0.15) is 68.7 Å². The van der Waals surface area contributed by atoms with E-state index in [9.17, 15) is 0 Å². The molecule has 0 aromatic carbocycles. The van der Waals surface area contributed by atoms with Crippen LogP contribution in [0.25, 0.3) is 0 Å². The SMILES string of the molecule is CC1CNC(C(C)(C)C)CN1C(C)(C)CC(C)(C)C. The summed E-state index contributed by atoms with van der Waals surface area (Å²) in [6.07, 6.45) is 1.24. The van der Waals surface area contributed by atoms with Gasteiger partial charge >= 0.3 is 0 Å². The minimum atomic E-state index is 0.267. The van der Waals surface area contributed by atoms with E-state index in [1.807, 2.05) is 0 Å². The molecule has 0 bridgehead atoms. The lowest BCUT2D eigenvalue weighted by Crippen LogP contribution is -2.64. The lowest BCUT2D eigenvalue weighted by Gasteiger charge is -2.52. The minimum absolute atomic E-state index is 0.267. The van der Waals surface area contributed by atoms with Crippen molar-refractivity contribution in [2.75, 3.05) is 13.1 Å². The predicted molar refractivity (Wildman–Crippen MR) is 85.6 cm³/mol. The first-order valence-corrected chi connectivity index (χ1v) is 7.83. The van der Waals surface area contributed by atoms with Crippen LogP contribution in [0.15, 0.2) is 0 Å². The molecule has 2 atom stereocenters. The third-order valence-electron chi connectivity index (χ3n) is 4.36. The van der Waals surface area contributed by atoms with Gasteiger partial charge in [0, 0.05) is 30.7 Å². The molecule has 1 aliphatic heterocycles. The van der Waals surface area contributed by atoms with E-state index in [1.165, 1.54) is 6.42 Å². The fourth-order valence-electron chi connectivity index (χ4n) is 3.69. The second-order valence-corrected chi connectivity index (χ2v) is 9.38. The number of nitrogens with zero attached hydrogens (tertiary/aromatic N) is 1. The van der Waals surface area contributed by atoms with Gasteiger partial charge in [-0.15, -0.1) is 0 Å². The van der Waals surface area contributed by atoms with Gasteiger partial charge in [-0.1, -0.05) is 41.5 Å². The Labute approximate surface area is 121 Å². The maximum Gasteiger partial charge on any atom is 0.0244 e. The Balaban J connectivity index is 2.84. The second-order valence-electron chi connectivity index (χ2n) is 9.38. The average Bonchev–Trinajstić information content (AvgIpc) is 2.11. The average molecular weight is 268 g/mol. The van der Waals surface area contributed by atoms with Crippen LogP contribution in [0.3, 0.4) is 0 Å². The van der Waals surface area contributed by atoms with Crippen molar-refractivity contribution in [2.45, 2.75) is 86.4 Å². The summed E-state index contributed by atoms with van der Waals surface area (Å²) in [5.74, 6) is 0.